The number of aliphatic carboxylic acids is 1. The molecular weight excluding hydrogens is 626 g/mol. The van der Waals surface area contributed by atoms with Crippen LogP contribution in [0.4, 0.5) is 0 Å². The van der Waals surface area contributed by atoms with Crippen LogP contribution in [-0.4, -0.2) is 77.1 Å². The first-order chi connectivity index (χ1) is 24.1. The zero-order valence-corrected chi connectivity index (χ0v) is 30.0. The highest BCUT2D eigenvalue weighted by atomic mass is 16.5. The summed E-state index contributed by atoms with van der Waals surface area (Å²) in [7, 11) is 0. The number of carboxylic acids is 1. The Labute approximate surface area is 296 Å². The second-order valence-electron chi connectivity index (χ2n) is 14.5. The summed E-state index contributed by atoms with van der Waals surface area (Å²) >= 11 is 0. The molecule has 1 saturated heterocycles. The Balaban J connectivity index is 1.24. The molecule has 2 N–H and O–H groups in total. The van der Waals surface area contributed by atoms with Crippen LogP contribution in [0.1, 0.15) is 77.5 Å². The number of aryl methyl sites for hydroxylation is 3. The Hall–Kier alpha value is -4.43. The molecule has 2 atom stereocenters. The van der Waals surface area contributed by atoms with Crippen LogP contribution in [0.2, 0.25) is 0 Å². The van der Waals surface area contributed by atoms with E-state index < -0.39 is 5.97 Å². The molecule has 3 aliphatic rings. The van der Waals surface area contributed by atoms with E-state index in [9.17, 15) is 14.4 Å². The first-order valence-corrected chi connectivity index (χ1v) is 18.2. The van der Waals surface area contributed by atoms with Crippen LogP contribution in [0.25, 0.3) is 5.57 Å². The van der Waals surface area contributed by atoms with Gasteiger partial charge in [-0.1, -0.05) is 54.6 Å². The van der Waals surface area contributed by atoms with Crippen molar-refractivity contribution in [3.8, 4) is 5.75 Å². The predicted molar refractivity (Wildman–Crippen MR) is 196 cm³/mol. The zero-order chi connectivity index (χ0) is 35.4. The third-order valence-electron chi connectivity index (χ3n) is 10.6. The summed E-state index contributed by atoms with van der Waals surface area (Å²) in [5.41, 5.74) is 10.1. The number of ether oxygens (including phenoxy) is 1. The summed E-state index contributed by atoms with van der Waals surface area (Å²) in [5, 5.41) is 12.8. The van der Waals surface area contributed by atoms with E-state index in [-0.39, 0.29) is 42.8 Å². The Morgan fingerprint density at radius 2 is 1.68 bits per heavy atom. The first-order valence-electron chi connectivity index (χ1n) is 18.2. The Morgan fingerprint density at radius 1 is 0.920 bits per heavy atom. The second-order valence-corrected chi connectivity index (χ2v) is 14.5. The average molecular weight is 678 g/mol. The van der Waals surface area contributed by atoms with Crippen molar-refractivity contribution in [3.05, 3.63) is 105 Å². The van der Waals surface area contributed by atoms with Crippen LogP contribution in [0.15, 0.2) is 66.2 Å². The third-order valence-corrected chi connectivity index (χ3v) is 10.6. The summed E-state index contributed by atoms with van der Waals surface area (Å²) in [6.45, 7) is 10.6. The summed E-state index contributed by atoms with van der Waals surface area (Å²) < 4.78 is 6.20. The highest BCUT2D eigenvalue weighted by Gasteiger charge is 2.43. The van der Waals surface area contributed by atoms with Crippen LogP contribution >= 0.6 is 0 Å². The molecule has 1 saturated carbocycles. The Morgan fingerprint density at radius 3 is 2.40 bits per heavy atom. The number of carboxylic acid groups (broad SMARTS) is 1. The summed E-state index contributed by atoms with van der Waals surface area (Å²) in [6.07, 6.45) is 4.72. The molecule has 3 aromatic carbocycles. The molecule has 1 aliphatic carbocycles. The third kappa shape index (κ3) is 8.47. The van der Waals surface area contributed by atoms with Gasteiger partial charge in [-0.25, -0.2) is 0 Å². The van der Waals surface area contributed by atoms with Gasteiger partial charge in [0, 0.05) is 56.6 Å². The number of carbonyl (C=O) groups is 3. The van der Waals surface area contributed by atoms with E-state index in [1.807, 2.05) is 11.0 Å². The number of rotatable bonds is 14. The lowest BCUT2D eigenvalue weighted by atomic mass is 9.82. The van der Waals surface area contributed by atoms with Crippen molar-refractivity contribution >= 4 is 23.4 Å². The van der Waals surface area contributed by atoms with Crippen molar-refractivity contribution in [2.24, 2.45) is 0 Å². The Kier molecular flexibility index (Phi) is 11.1. The number of nitrogens with one attached hydrogen (secondary N) is 1. The van der Waals surface area contributed by atoms with E-state index in [4.69, 9.17) is 9.84 Å². The van der Waals surface area contributed by atoms with E-state index >= 15 is 0 Å². The lowest BCUT2D eigenvalue weighted by Gasteiger charge is -2.45. The van der Waals surface area contributed by atoms with Crippen molar-refractivity contribution in [1.82, 2.24) is 15.1 Å². The van der Waals surface area contributed by atoms with Crippen LogP contribution in [0, 0.1) is 27.7 Å². The van der Waals surface area contributed by atoms with Crippen molar-refractivity contribution in [2.45, 2.75) is 97.2 Å². The van der Waals surface area contributed by atoms with Gasteiger partial charge in [0.15, 0.2) is 0 Å². The molecule has 0 aromatic heterocycles. The second kappa shape index (κ2) is 15.6. The lowest BCUT2D eigenvalue weighted by molar-refractivity contribution is -0.138. The quantitative estimate of drug-likeness (QED) is 0.206. The molecule has 2 aliphatic heterocycles. The SMILES string of the molecule is Cc1cc(C)c(C)c(OCCc2ccc(C3=C(C(=O)N(CCc4ccccc4C)C4CC4)[C@H]4CN(C(=O)CCCC(=O)O)C[C@@H](C3)N4)cc2)c1. The van der Waals surface area contributed by atoms with Crippen molar-refractivity contribution in [2.75, 3.05) is 26.2 Å². The number of nitrogens with zero attached hydrogens (tertiary/aromatic N) is 2. The molecule has 2 amide bonds. The van der Waals surface area contributed by atoms with Crippen LogP contribution in [-0.2, 0) is 27.2 Å². The highest BCUT2D eigenvalue weighted by Crippen LogP contribution is 2.37. The molecule has 3 aromatic rings. The van der Waals surface area contributed by atoms with E-state index in [0.29, 0.717) is 39.1 Å². The van der Waals surface area contributed by atoms with E-state index in [0.717, 1.165) is 48.1 Å². The average Bonchev–Trinajstić information content (AvgIpc) is 3.93. The molecule has 2 bridgehead atoms. The summed E-state index contributed by atoms with van der Waals surface area (Å²) in [4.78, 5) is 43.0. The van der Waals surface area contributed by atoms with Gasteiger partial charge in [0.05, 0.1) is 12.6 Å². The van der Waals surface area contributed by atoms with Gasteiger partial charge >= 0.3 is 5.97 Å². The molecular formula is C42H51N3O5. The normalized spacial score (nSPS) is 18.6. The molecule has 8 nitrogen and oxygen atoms in total. The van der Waals surface area contributed by atoms with Gasteiger partial charge in [-0.05, 0) is 110 Å². The number of amides is 2. The van der Waals surface area contributed by atoms with Gasteiger partial charge in [-0.15, -0.1) is 0 Å². The van der Waals surface area contributed by atoms with Gasteiger partial charge in [-0.2, -0.15) is 0 Å². The fraction of sp³-hybridized carbons (Fsp3) is 0.452. The maximum Gasteiger partial charge on any atom is 0.303 e. The molecule has 6 rings (SSSR count). The fourth-order valence-electron chi connectivity index (χ4n) is 7.54. The molecule has 0 unspecified atom stereocenters. The van der Waals surface area contributed by atoms with Gasteiger partial charge < -0.3 is 25.0 Å². The summed E-state index contributed by atoms with van der Waals surface area (Å²) in [5.74, 6) is 0.0646. The summed E-state index contributed by atoms with van der Waals surface area (Å²) in [6, 6.07) is 21.2. The molecule has 50 heavy (non-hydrogen) atoms. The minimum absolute atomic E-state index is 0.0131. The number of hydrogen-bond acceptors (Lipinski definition) is 5. The number of benzene rings is 3. The molecule has 0 spiro atoms. The molecule has 8 heteroatoms. The van der Waals surface area contributed by atoms with Crippen LogP contribution in [0.5, 0.6) is 5.75 Å². The van der Waals surface area contributed by atoms with Gasteiger partial charge in [0.25, 0.3) is 5.91 Å². The smallest absolute Gasteiger partial charge is 0.303 e. The molecule has 0 radical (unpaired) electrons. The van der Waals surface area contributed by atoms with E-state index in [1.54, 1.807) is 0 Å². The number of piperazine rings is 1. The molecule has 264 valence electrons. The number of fused-ring (bicyclic) bond motifs is 2. The number of hydrogen-bond donors (Lipinski definition) is 2. The zero-order valence-electron chi connectivity index (χ0n) is 30.0. The molecule has 2 heterocycles. The van der Waals surface area contributed by atoms with Crippen molar-refractivity contribution in [3.63, 3.8) is 0 Å². The minimum Gasteiger partial charge on any atom is -0.493 e. The highest BCUT2D eigenvalue weighted by molar-refractivity contribution is 6.03. The molecule has 2 fully saturated rings. The largest absolute Gasteiger partial charge is 0.493 e. The predicted octanol–water partition coefficient (Wildman–Crippen LogP) is 6.36. The monoisotopic (exact) mass is 677 g/mol. The van der Waals surface area contributed by atoms with Crippen molar-refractivity contribution < 1.29 is 24.2 Å². The fourth-order valence-corrected chi connectivity index (χ4v) is 7.54. The Bertz CT molecular complexity index is 1760. The lowest BCUT2D eigenvalue weighted by Crippen LogP contribution is -2.62. The standard InChI is InChI=1S/C42H51N3O5/c1-27-22-29(3)30(4)38(23-27)50-21-19-31-12-14-33(15-13-31)36-24-34-25-44(39(46)10-7-11-40(47)48)26-37(43-34)41(36)42(49)45(35-16-17-35)20-18-32-9-6-5-8-28(32)2/h5-6,8-9,12-15,22-23,34-35,37,43H,7,10-11,16-21,24-26H2,1-4H3,(H,47,48)/t34-,37-/m1/s1. The van der Waals surface area contributed by atoms with Crippen molar-refractivity contribution in [1.29, 1.82) is 0 Å². The maximum atomic E-state index is 14.8. The van der Waals surface area contributed by atoms with Gasteiger partial charge in [-0.3, -0.25) is 14.4 Å². The van der Waals surface area contributed by atoms with E-state index in [2.05, 4.69) is 92.5 Å². The minimum atomic E-state index is -0.892. The topological polar surface area (TPSA) is 99.2 Å². The maximum absolute atomic E-state index is 14.8. The van der Waals surface area contributed by atoms with E-state index in [1.165, 1.54) is 33.4 Å². The van der Waals surface area contributed by atoms with Crippen LogP contribution < -0.4 is 10.1 Å². The first kappa shape index (κ1) is 35.4. The van der Waals surface area contributed by atoms with Gasteiger partial charge in [0.2, 0.25) is 5.91 Å². The van der Waals surface area contributed by atoms with Crippen LogP contribution in [0.3, 0.4) is 0 Å². The van der Waals surface area contributed by atoms with Gasteiger partial charge in [0.1, 0.15) is 5.75 Å². The number of carbonyl (C=O) groups excluding carboxylic acids is 2.